The molecule has 0 aliphatic carbocycles. The monoisotopic (exact) mass is 214 g/mol. The maximum absolute atomic E-state index is 11.0. The second kappa shape index (κ2) is 5.43. The quantitative estimate of drug-likeness (QED) is 0.430. The SMILES string of the molecule is CCOC(=O)C#Cc1ccc(N)cc1C#N. The molecule has 0 amide bonds. The number of carbonyl (C=O) groups excluding carboxylic acids is 1. The van der Waals surface area contributed by atoms with Gasteiger partial charge >= 0.3 is 5.97 Å². The molecular formula is C12H10N2O2. The Bertz CT molecular complexity index is 504. The molecule has 0 aliphatic heterocycles. The minimum absolute atomic E-state index is 0.278. The maximum atomic E-state index is 11.0. The van der Waals surface area contributed by atoms with Gasteiger partial charge in [0, 0.05) is 17.2 Å². The molecular weight excluding hydrogens is 204 g/mol. The summed E-state index contributed by atoms with van der Waals surface area (Å²) in [6.45, 7) is 1.98. The van der Waals surface area contributed by atoms with Gasteiger partial charge in [0.2, 0.25) is 0 Å². The first-order valence-electron chi connectivity index (χ1n) is 4.65. The van der Waals surface area contributed by atoms with Gasteiger partial charge in [0.05, 0.1) is 12.2 Å². The van der Waals surface area contributed by atoms with Crippen molar-refractivity contribution in [1.29, 1.82) is 5.26 Å². The van der Waals surface area contributed by atoms with E-state index in [-0.39, 0.29) is 6.61 Å². The maximum Gasteiger partial charge on any atom is 0.384 e. The predicted octanol–water partition coefficient (Wildman–Crippen LogP) is 1.06. The van der Waals surface area contributed by atoms with Gasteiger partial charge in [0.15, 0.2) is 0 Å². The van der Waals surface area contributed by atoms with Crippen LogP contribution in [-0.4, -0.2) is 12.6 Å². The summed E-state index contributed by atoms with van der Waals surface area (Å²) in [5, 5.41) is 8.82. The molecule has 0 radical (unpaired) electrons. The van der Waals surface area contributed by atoms with Crippen molar-refractivity contribution in [3.63, 3.8) is 0 Å². The summed E-state index contributed by atoms with van der Waals surface area (Å²) in [6, 6.07) is 6.68. The van der Waals surface area contributed by atoms with Crippen molar-refractivity contribution < 1.29 is 9.53 Å². The fourth-order valence-corrected chi connectivity index (χ4v) is 1.05. The highest BCUT2D eigenvalue weighted by molar-refractivity contribution is 5.89. The third kappa shape index (κ3) is 3.04. The zero-order chi connectivity index (χ0) is 12.0. The van der Waals surface area contributed by atoms with Crippen molar-refractivity contribution in [3.8, 4) is 17.9 Å². The first kappa shape index (κ1) is 11.6. The van der Waals surface area contributed by atoms with E-state index in [1.54, 1.807) is 19.1 Å². The molecule has 80 valence electrons. The molecule has 4 heteroatoms. The van der Waals surface area contributed by atoms with Crippen molar-refractivity contribution in [2.45, 2.75) is 6.92 Å². The van der Waals surface area contributed by atoms with Gasteiger partial charge in [-0.15, -0.1) is 0 Å². The number of benzene rings is 1. The number of anilines is 1. The Balaban J connectivity index is 2.98. The fraction of sp³-hybridized carbons (Fsp3) is 0.167. The number of nitrogen functional groups attached to an aromatic ring is 1. The molecule has 0 unspecified atom stereocenters. The number of hydrogen-bond donors (Lipinski definition) is 1. The highest BCUT2D eigenvalue weighted by Crippen LogP contribution is 2.11. The molecule has 2 N–H and O–H groups in total. The number of nitrogens with zero attached hydrogens (tertiary/aromatic N) is 1. The van der Waals surface area contributed by atoms with Crippen LogP contribution in [0.15, 0.2) is 18.2 Å². The van der Waals surface area contributed by atoms with E-state index < -0.39 is 5.97 Å². The summed E-state index contributed by atoms with van der Waals surface area (Å²) in [6.07, 6.45) is 0. The van der Waals surface area contributed by atoms with Gasteiger partial charge in [0.25, 0.3) is 0 Å². The molecule has 4 nitrogen and oxygen atoms in total. The highest BCUT2D eigenvalue weighted by Gasteiger charge is 2.00. The average molecular weight is 214 g/mol. The van der Waals surface area contributed by atoms with Gasteiger partial charge in [-0.1, -0.05) is 5.92 Å². The molecule has 0 bridgehead atoms. The Morgan fingerprint density at radius 1 is 1.50 bits per heavy atom. The summed E-state index contributed by atoms with van der Waals surface area (Å²) >= 11 is 0. The summed E-state index contributed by atoms with van der Waals surface area (Å²) in [5.41, 5.74) is 6.81. The minimum atomic E-state index is -0.608. The second-order valence-electron chi connectivity index (χ2n) is 2.89. The summed E-state index contributed by atoms with van der Waals surface area (Å²) < 4.78 is 4.64. The van der Waals surface area contributed by atoms with Crippen LogP contribution < -0.4 is 5.73 Å². The fourth-order valence-electron chi connectivity index (χ4n) is 1.05. The van der Waals surface area contributed by atoms with Crippen molar-refractivity contribution in [1.82, 2.24) is 0 Å². The molecule has 16 heavy (non-hydrogen) atoms. The Kier molecular flexibility index (Phi) is 3.94. The number of nitrogens with two attached hydrogens (primary N) is 1. The summed E-state index contributed by atoms with van der Waals surface area (Å²) in [7, 11) is 0. The van der Waals surface area contributed by atoms with E-state index >= 15 is 0 Å². The number of hydrogen-bond acceptors (Lipinski definition) is 4. The van der Waals surface area contributed by atoms with E-state index in [0.29, 0.717) is 16.8 Å². The molecule has 1 aromatic carbocycles. The van der Waals surface area contributed by atoms with Crippen LogP contribution in [0, 0.1) is 23.2 Å². The molecule has 0 aromatic heterocycles. The van der Waals surface area contributed by atoms with Gasteiger partial charge < -0.3 is 10.5 Å². The molecule has 1 aromatic rings. The van der Waals surface area contributed by atoms with E-state index in [0.717, 1.165) is 0 Å². The van der Waals surface area contributed by atoms with Gasteiger partial charge in [0.1, 0.15) is 6.07 Å². The van der Waals surface area contributed by atoms with E-state index in [9.17, 15) is 4.79 Å². The van der Waals surface area contributed by atoms with Crippen LogP contribution in [0.1, 0.15) is 18.1 Å². The van der Waals surface area contributed by atoms with Gasteiger partial charge in [-0.25, -0.2) is 4.79 Å². The Morgan fingerprint density at radius 2 is 2.25 bits per heavy atom. The van der Waals surface area contributed by atoms with Crippen molar-refractivity contribution in [2.24, 2.45) is 0 Å². The molecule has 0 aliphatic rings. The van der Waals surface area contributed by atoms with Crippen LogP contribution in [0.3, 0.4) is 0 Å². The molecule has 0 saturated heterocycles. The number of rotatable bonds is 1. The first-order valence-corrected chi connectivity index (χ1v) is 4.65. The number of esters is 1. The van der Waals surface area contributed by atoms with Gasteiger partial charge in [-0.3, -0.25) is 0 Å². The van der Waals surface area contributed by atoms with Crippen LogP contribution in [0.4, 0.5) is 5.69 Å². The zero-order valence-corrected chi connectivity index (χ0v) is 8.78. The van der Waals surface area contributed by atoms with Crippen LogP contribution >= 0.6 is 0 Å². The van der Waals surface area contributed by atoms with E-state index in [4.69, 9.17) is 11.0 Å². The van der Waals surface area contributed by atoms with Crippen LogP contribution in [-0.2, 0) is 9.53 Å². The second-order valence-corrected chi connectivity index (χ2v) is 2.89. The third-order valence-electron chi connectivity index (χ3n) is 1.74. The Hall–Kier alpha value is -2.46. The van der Waals surface area contributed by atoms with Crippen LogP contribution in [0.25, 0.3) is 0 Å². The smallest absolute Gasteiger partial charge is 0.384 e. The lowest BCUT2D eigenvalue weighted by atomic mass is 10.1. The largest absolute Gasteiger partial charge is 0.456 e. The van der Waals surface area contributed by atoms with Crippen molar-refractivity contribution in [2.75, 3.05) is 12.3 Å². The van der Waals surface area contributed by atoms with E-state index in [2.05, 4.69) is 16.6 Å². The summed E-state index contributed by atoms with van der Waals surface area (Å²) in [4.78, 5) is 11.0. The van der Waals surface area contributed by atoms with Crippen molar-refractivity contribution in [3.05, 3.63) is 29.3 Å². The molecule has 0 atom stereocenters. The third-order valence-corrected chi connectivity index (χ3v) is 1.74. The van der Waals surface area contributed by atoms with Crippen molar-refractivity contribution >= 4 is 11.7 Å². The van der Waals surface area contributed by atoms with Crippen LogP contribution in [0.5, 0.6) is 0 Å². The molecule has 0 heterocycles. The number of nitriles is 1. The predicted molar refractivity (Wildman–Crippen MR) is 59.1 cm³/mol. The number of ether oxygens (including phenoxy) is 1. The standard InChI is InChI=1S/C12H10N2O2/c1-2-16-12(15)6-4-9-3-5-11(14)7-10(9)8-13/h3,5,7H,2,14H2,1H3. The molecule has 0 saturated carbocycles. The van der Waals surface area contributed by atoms with Gasteiger partial charge in [-0.2, -0.15) is 5.26 Å². The Morgan fingerprint density at radius 3 is 2.88 bits per heavy atom. The lowest BCUT2D eigenvalue weighted by molar-refractivity contribution is -0.136. The normalized spacial score (nSPS) is 8.50. The van der Waals surface area contributed by atoms with E-state index in [1.165, 1.54) is 6.07 Å². The number of carbonyl (C=O) groups is 1. The zero-order valence-electron chi connectivity index (χ0n) is 8.78. The molecule has 0 spiro atoms. The van der Waals surface area contributed by atoms with Gasteiger partial charge in [-0.05, 0) is 25.1 Å². The lowest BCUT2D eigenvalue weighted by Crippen LogP contribution is -1.99. The van der Waals surface area contributed by atoms with E-state index in [1.807, 2.05) is 6.07 Å². The topological polar surface area (TPSA) is 76.1 Å². The Labute approximate surface area is 93.6 Å². The van der Waals surface area contributed by atoms with Crippen LogP contribution in [0.2, 0.25) is 0 Å². The molecule has 1 rings (SSSR count). The minimum Gasteiger partial charge on any atom is -0.456 e. The first-order chi connectivity index (χ1) is 7.67. The lowest BCUT2D eigenvalue weighted by Gasteiger charge is -1.96. The highest BCUT2D eigenvalue weighted by atomic mass is 16.5. The summed E-state index contributed by atoms with van der Waals surface area (Å²) in [5.74, 6) is 4.26. The molecule has 0 fully saturated rings. The average Bonchev–Trinajstić information content (AvgIpc) is 2.27.